The molecule has 0 spiro atoms. The van der Waals surface area contributed by atoms with Gasteiger partial charge < -0.3 is 15.3 Å². The Kier molecular flexibility index (Phi) is 5.33. The molecule has 21 heavy (non-hydrogen) atoms. The van der Waals surface area contributed by atoms with Crippen LogP contribution in [0.2, 0.25) is 0 Å². The van der Waals surface area contributed by atoms with Crippen molar-refractivity contribution in [3.8, 4) is 0 Å². The van der Waals surface area contributed by atoms with Gasteiger partial charge in [-0.25, -0.2) is 0 Å². The summed E-state index contributed by atoms with van der Waals surface area (Å²) in [7, 11) is 0. The molecular weight excluding hydrogens is 268 g/mol. The van der Waals surface area contributed by atoms with E-state index in [2.05, 4.69) is 5.32 Å². The second kappa shape index (κ2) is 7.22. The van der Waals surface area contributed by atoms with Gasteiger partial charge in [0.05, 0.1) is 19.1 Å². The number of aliphatic hydroxyl groups excluding tert-OH is 1. The molecule has 2 rings (SSSR count). The molecule has 0 radical (unpaired) electrons. The highest BCUT2D eigenvalue weighted by Gasteiger charge is 2.21. The summed E-state index contributed by atoms with van der Waals surface area (Å²) >= 11 is 0. The minimum atomic E-state index is -0.181. The van der Waals surface area contributed by atoms with Crippen molar-refractivity contribution >= 4 is 17.5 Å². The molecule has 1 aromatic carbocycles. The second-order valence-corrected chi connectivity index (χ2v) is 5.35. The molecule has 0 aliphatic carbocycles. The van der Waals surface area contributed by atoms with Crippen LogP contribution >= 0.6 is 0 Å². The Bertz CT molecular complexity index is 495. The molecule has 0 saturated carbocycles. The first-order valence-electron chi connectivity index (χ1n) is 7.43. The van der Waals surface area contributed by atoms with E-state index in [-0.39, 0.29) is 30.9 Å². The zero-order valence-corrected chi connectivity index (χ0v) is 12.3. The molecule has 1 aliphatic rings. The maximum absolute atomic E-state index is 11.8. The Morgan fingerprint density at radius 2 is 2.10 bits per heavy atom. The van der Waals surface area contributed by atoms with Gasteiger partial charge in [0.2, 0.25) is 11.8 Å². The topological polar surface area (TPSA) is 69.6 Å². The van der Waals surface area contributed by atoms with E-state index in [1.54, 1.807) is 4.90 Å². The van der Waals surface area contributed by atoms with E-state index in [1.165, 1.54) is 0 Å². The van der Waals surface area contributed by atoms with Crippen LogP contribution in [0.4, 0.5) is 5.69 Å². The van der Waals surface area contributed by atoms with E-state index in [9.17, 15) is 9.59 Å². The first-order valence-corrected chi connectivity index (χ1v) is 7.43. The first-order chi connectivity index (χ1) is 10.1. The molecule has 5 nitrogen and oxygen atoms in total. The molecule has 1 aromatic rings. The monoisotopic (exact) mass is 290 g/mol. The Balaban J connectivity index is 1.93. The summed E-state index contributed by atoms with van der Waals surface area (Å²) < 4.78 is 0. The maximum atomic E-state index is 11.8. The molecular formula is C16H22N2O3. The average molecular weight is 290 g/mol. The van der Waals surface area contributed by atoms with Crippen LogP contribution in [0, 0.1) is 0 Å². The van der Waals surface area contributed by atoms with Crippen molar-refractivity contribution in [2.24, 2.45) is 0 Å². The number of aliphatic hydroxyl groups is 1. The largest absolute Gasteiger partial charge is 0.394 e. The number of carbonyl (C=O) groups is 2. The number of anilines is 1. The third-order valence-electron chi connectivity index (χ3n) is 3.76. The molecule has 1 heterocycles. The van der Waals surface area contributed by atoms with Crippen molar-refractivity contribution in [3.63, 3.8) is 0 Å². The van der Waals surface area contributed by atoms with Crippen LogP contribution in [0.25, 0.3) is 0 Å². The number of hydrogen-bond donors (Lipinski definition) is 2. The molecule has 0 aromatic heterocycles. The smallest absolute Gasteiger partial charge is 0.227 e. The van der Waals surface area contributed by atoms with Crippen molar-refractivity contribution in [1.29, 1.82) is 0 Å². The second-order valence-electron chi connectivity index (χ2n) is 5.35. The lowest BCUT2D eigenvalue weighted by Gasteiger charge is -2.16. The SMILES string of the molecule is CCC(CO)NC(=O)Cc1ccc(N2CCCC2=O)cc1. The number of rotatable bonds is 6. The molecule has 0 bridgehead atoms. The van der Waals surface area contributed by atoms with Crippen LogP contribution in [-0.4, -0.2) is 36.1 Å². The molecule has 1 unspecified atom stereocenters. The van der Waals surface area contributed by atoms with Crippen LogP contribution in [0.5, 0.6) is 0 Å². The lowest BCUT2D eigenvalue weighted by molar-refractivity contribution is -0.121. The van der Waals surface area contributed by atoms with Gasteiger partial charge >= 0.3 is 0 Å². The van der Waals surface area contributed by atoms with E-state index in [1.807, 2.05) is 31.2 Å². The van der Waals surface area contributed by atoms with E-state index < -0.39 is 0 Å². The summed E-state index contributed by atoms with van der Waals surface area (Å²) in [5.74, 6) is 0.0649. The molecule has 1 saturated heterocycles. The summed E-state index contributed by atoms with van der Waals surface area (Å²) in [5.41, 5.74) is 1.79. The number of nitrogens with zero attached hydrogens (tertiary/aromatic N) is 1. The van der Waals surface area contributed by atoms with E-state index in [0.717, 1.165) is 24.2 Å². The molecule has 1 fully saturated rings. The van der Waals surface area contributed by atoms with Gasteiger partial charge in [0.25, 0.3) is 0 Å². The summed E-state index contributed by atoms with van der Waals surface area (Å²) in [6, 6.07) is 7.34. The highest BCUT2D eigenvalue weighted by molar-refractivity contribution is 5.95. The van der Waals surface area contributed by atoms with Crippen LogP contribution in [0.15, 0.2) is 24.3 Å². The van der Waals surface area contributed by atoms with Gasteiger partial charge in [-0.15, -0.1) is 0 Å². The highest BCUT2D eigenvalue weighted by atomic mass is 16.3. The van der Waals surface area contributed by atoms with Gasteiger partial charge in [-0.3, -0.25) is 9.59 Å². The number of carbonyl (C=O) groups excluding carboxylic acids is 2. The van der Waals surface area contributed by atoms with Crippen LogP contribution < -0.4 is 10.2 Å². The Labute approximate surface area is 125 Å². The standard InChI is InChI=1S/C16H22N2O3/c1-2-13(11-19)17-15(20)10-12-5-7-14(8-6-12)18-9-3-4-16(18)21/h5-8,13,19H,2-4,9-11H2,1H3,(H,17,20). The van der Waals surface area contributed by atoms with Crippen molar-refractivity contribution < 1.29 is 14.7 Å². The van der Waals surface area contributed by atoms with Gasteiger partial charge in [-0.2, -0.15) is 0 Å². The number of nitrogens with one attached hydrogen (secondary N) is 1. The quantitative estimate of drug-likeness (QED) is 0.828. The summed E-state index contributed by atoms with van der Waals surface area (Å²) in [4.78, 5) is 25.3. The van der Waals surface area contributed by atoms with Crippen molar-refractivity contribution in [1.82, 2.24) is 5.32 Å². The zero-order chi connectivity index (χ0) is 15.2. The predicted molar refractivity (Wildman–Crippen MR) is 81.0 cm³/mol. The van der Waals surface area contributed by atoms with Gasteiger partial charge in [0, 0.05) is 18.7 Å². The summed E-state index contributed by atoms with van der Waals surface area (Å²) in [5, 5.41) is 11.9. The Hall–Kier alpha value is -1.88. The van der Waals surface area contributed by atoms with E-state index in [4.69, 9.17) is 5.11 Å². The predicted octanol–water partition coefficient (Wildman–Crippen LogP) is 1.24. The maximum Gasteiger partial charge on any atom is 0.227 e. The molecule has 114 valence electrons. The van der Waals surface area contributed by atoms with Gasteiger partial charge in [0.1, 0.15) is 0 Å². The van der Waals surface area contributed by atoms with Crippen LogP contribution in [0.3, 0.4) is 0 Å². The van der Waals surface area contributed by atoms with Crippen molar-refractivity contribution in [3.05, 3.63) is 29.8 Å². The molecule has 2 N–H and O–H groups in total. The third-order valence-corrected chi connectivity index (χ3v) is 3.76. The normalized spacial score (nSPS) is 16.1. The minimum absolute atomic E-state index is 0.0434. The van der Waals surface area contributed by atoms with Crippen molar-refractivity contribution in [2.45, 2.75) is 38.6 Å². The van der Waals surface area contributed by atoms with Gasteiger partial charge in [0.15, 0.2) is 0 Å². The zero-order valence-electron chi connectivity index (χ0n) is 12.3. The number of hydrogen-bond acceptors (Lipinski definition) is 3. The molecule has 1 atom stereocenters. The third kappa shape index (κ3) is 4.04. The highest BCUT2D eigenvalue weighted by Crippen LogP contribution is 2.21. The fourth-order valence-electron chi connectivity index (χ4n) is 2.46. The van der Waals surface area contributed by atoms with E-state index in [0.29, 0.717) is 12.8 Å². The van der Waals surface area contributed by atoms with Gasteiger partial charge in [-0.05, 0) is 30.5 Å². The molecule has 1 aliphatic heterocycles. The summed E-state index contributed by atoms with van der Waals surface area (Å²) in [6.07, 6.45) is 2.51. The van der Waals surface area contributed by atoms with Crippen LogP contribution in [-0.2, 0) is 16.0 Å². The van der Waals surface area contributed by atoms with Crippen LogP contribution in [0.1, 0.15) is 31.7 Å². The molecule has 2 amide bonds. The Morgan fingerprint density at radius 3 is 2.62 bits per heavy atom. The van der Waals surface area contributed by atoms with Crippen molar-refractivity contribution in [2.75, 3.05) is 18.1 Å². The lowest BCUT2D eigenvalue weighted by atomic mass is 10.1. The number of amides is 2. The lowest BCUT2D eigenvalue weighted by Crippen LogP contribution is -2.37. The summed E-state index contributed by atoms with van der Waals surface area (Å²) in [6.45, 7) is 2.65. The Morgan fingerprint density at radius 1 is 1.38 bits per heavy atom. The van der Waals surface area contributed by atoms with E-state index >= 15 is 0 Å². The fourth-order valence-corrected chi connectivity index (χ4v) is 2.46. The average Bonchev–Trinajstić information content (AvgIpc) is 2.92. The van der Waals surface area contributed by atoms with Gasteiger partial charge in [-0.1, -0.05) is 19.1 Å². The molecule has 5 heteroatoms. The minimum Gasteiger partial charge on any atom is -0.394 e. The fraction of sp³-hybridized carbons (Fsp3) is 0.500. The number of benzene rings is 1. The first kappa shape index (κ1) is 15.5.